The summed E-state index contributed by atoms with van der Waals surface area (Å²) in [4.78, 5) is 29.6. The Morgan fingerprint density at radius 3 is 3.08 bits per heavy atom. The molecule has 128 valence electrons. The number of aromatic nitrogens is 2. The Morgan fingerprint density at radius 1 is 1.33 bits per heavy atom. The Labute approximate surface area is 143 Å². The summed E-state index contributed by atoms with van der Waals surface area (Å²) in [5.41, 5.74) is 0. The third-order valence-corrected chi connectivity index (χ3v) is 5.67. The Bertz CT molecular complexity index is 767. The molecular weight excluding hydrogens is 328 g/mol. The summed E-state index contributed by atoms with van der Waals surface area (Å²) in [6, 6.07) is 4.17. The van der Waals surface area contributed by atoms with Gasteiger partial charge in [-0.2, -0.15) is 4.68 Å². The Kier molecular flexibility index (Phi) is 4.24. The highest BCUT2D eigenvalue weighted by Gasteiger charge is 2.31. The first-order valence-electron chi connectivity index (χ1n) is 8.34. The number of nitrogens with zero attached hydrogens (tertiary/aromatic N) is 4. The summed E-state index contributed by atoms with van der Waals surface area (Å²) in [5, 5.41) is 6.05. The molecule has 4 heterocycles. The fourth-order valence-corrected chi connectivity index (χ4v) is 4.16. The van der Waals surface area contributed by atoms with Gasteiger partial charge in [0, 0.05) is 25.7 Å². The monoisotopic (exact) mass is 348 g/mol. The van der Waals surface area contributed by atoms with E-state index in [0.717, 1.165) is 42.2 Å². The highest BCUT2D eigenvalue weighted by Crippen LogP contribution is 2.22. The molecule has 2 fully saturated rings. The number of piperidine rings is 1. The van der Waals surface area contributed by atoms with Crippen molar-refractivity contribution in [3.63, 3.8) is 0 Å². The van der Waals surface area contributed by atoms with Gasteiger partial charge in [-0.1, -0.05) is 12.5 Å². The fourth-order valence-electron chi connectivity index (χ4n) is 3.52. The van der Waals surface area contributed by atoms with Crippen molar-refractivity contribution in [3.8, 4) is 10.8 Å². The summed E-state index contributed by atoms with van der Waals surface area (Å²) in [7, 11) is 0. The van der Waals surface area contributed by atoms with Crippen molar-refractivity contribution in [2.45, 2.75) is 31.8 Å². The molecule has 0 radical (unpaired) electrons. The predicted octanol–water partition coefficient (Wildman–Crippen LogP) is 1.26. The molecule has 2 aromatic rings. The van der Waals surface area contributed by atoms with Gasteiger partial charge in [0.25, 0.3) is 5.89 Å². The van der Waals surface area contributed by atoms with Crippen LogP contribution in [0.25, 0.3) is 10.8 Å². The third-order valence-electron chi connectivity index (χ3n) is 4.81. The maximum Gasteiger partial charge on any atom is 0.437 e. The Balaban J connectivity index is 1.44. The molecule has 0 spiro atoms. The minimum absolute atomic E-state index is 0.0551. The van der Waals surface area contributed by atoms with Gasteiger partial charge in [0.05, 0.1) is 4.88 Å². The molecule has 0 bridgehead atoms. The zero-order valence-corrected chi connectivity index (χ0v) is 14.2. The smallest absolute Gasteiger partial charge is 0.387 e. The zero-order valence-electron chi connectivity index (χ0n) is 13.4. The number of carbonyl (C=O) groups is 1. The molecule has 1 atom stereocenters. The second-order valence-corrected chi connectivity index (χ2v) is 7.28. The number of carbonyl (C=O) groups excluding carboxylic acids is 1. The van der Waals surface area contributed by atoms with E-state index in [-0.39, 0.29) is 18.3 Å². The molecule has 0 aromatic carbocycles. The summed E-state index contributed by atoms with van der Waals surface area (Å²) in [5.74, 6) is -0.365. The lowest BCUT2D eigenvalue weighted by molar-refractivity contribution is -0.135. The van der Waals surface area contributed by atoms with Gasteiger partial charge in [-0.05, 0) is 30.8 Å². The van der Waals surface area contributed by atoms with E-state index in [0.29, 0.717) is 6.04 Å². The molecule has 7 nitrogen and oxygen atoms in total. The Hall–Kier alpha value is -1.93. The van der Waals surface area contributed by atoms with Gasteiger partial charge in [0.15, 0.2) is 0 Å². The average molecular weight is 348 g/mol. The first kappa shape index (κ1) is 15.6. The second kappa shape index (κ2) is 6.52. The minimum atomic E-state index is -0.581. The molecule has 0 aliphatic carbocycles. The number of fused-ring (bicyclic) bond motifs is 1. The van der Waals surface area contributed by atoms with Gasteiger partial charge < -0.3 is 9.32 Å². The van der Waals surface area contributed by atoms with E-state index >= 15 is 0 Å². The van der Waals surface area contributed by atoms with E-state index < -0.39 is 5.76 Å². The lowest BCUT2D eigenvalue weighted by Crippen LogP contribution is -2.56. The van der Waals surface area contributed by atoms with Crippen LogP contribution in [0.4, 0.5) is 0 Å². The molecule has 0 saturated carbocycles. The Morgan fingerprint density at radius 2 is 2.25 bits per heavy atom. The van der Waals surface area contributed by atoms with Crippen LogP contribution >= 0.6 is 11.3 Å². The van der Waals surface area contributed by atoms with E-state index in [9.17, 15) is 9.59 Å². The van der Waals surface area contributed by atoms with E-state index in [4.69, 9.17) is 4.42 Å². The van der Waals surface area contributed by atoms with Gasteiger partial charge in [0.2, 0.25) is 5.91 Å². The molecule has 0 unspecified atom stereocenters. The van der Waals surface area contributed by atoms with E-state index in [1.165, 1.54) is 24.2 Å². The van der Waals surface area contributed by atoms with Crippen LogP contribution in [0.1, 0.15) is 19.3 Å². The zero-order chi connectivity index (χ0) is 16.5. The SMILES string of the molecule is O=C(Cn1nc(-c2cccs2)oc1=O)N1CCN2CCCC[C@@H]2C1. The quantitative estimate of drug-likeness (QED) is 0.835. The summed E-state index contributed by atoms with van der Waals surface area (Å²) in [6.45, 7) is 3.48. The standard InChI is InChI=1S/C16H20N4O3S/c21-14(19-8-7-18-6-2-1-4-12(18)10-19)11-20-16(22)23-15(17-20)13-5-3-9-24-13/h3,5,9,12H,1-2,4,6-8,10-11H2/t12-/m1/s1. The highest BCUT2D eigenvalue weighted by atomic mass is 32.1. The normalized spacial score (nSPS) is 21.7. The molecule has 24 heavy (non-hydrogen) atoms. The first-order chi connectivity index (χ1) is 11.7. The van der Waals surface area contributed by atoms with Gasteiger partial charge in [0.1, 0.15) is 6.54 Å². The molecule has 2 aliphatic rings. The number of rotatable bonds is 3. The van der Waals surface area contributed by atoms with Gasteiger partial charge >= 0.3 is 5.76 Å². The topological polar surface area (TPSA) is 71.6 Å². The average Bonchev–Trinajstić information content (AvgIpc) is 3.25. The van der Waals surface area contributed by atoms with Gasteiger partial charge in [-0.15, -0.1) is 16.4 Å². The fraction of sp³-hybridized carbons (Fsp3) is 0.562. The van der Waals surface area contributed by atoms with E-state index in [2.05, 4.69) is 10.00 Å². The molecule has 1 amide bonds. The molecule has 4 rings (SSSR count). The van der Waals surface area contributed by atoms with Crippen molar-refractivity contribution < 1.29 is 9.21 Å². The van der Waals surface area contributed by atoms with Crippen LogP contribution in [0, 0.1) is 0 Å². The van der Waals surface area contributed by atoms with Crippen LogP contribution in [0.2, 0.25) is 0 Å². The maximum atomic E-state index is 12.6. The number of hydrogen-bond donors (Lipinski definition) is 0. The number of amides is 1. The van der Waals surface area contributed by atoms with Crippen LogP contribution in [-0.4, -0.2) is 57.7 Å². The van der Waals surface area contributed by atoms with Gasteiger partial charge in [-0.25, -0.2) is 4.79 Å². The maximum absolute atomic E-state index is 12.6. The van der Waals surface area contributed by atoms with Crippen LogP contribution in [0.3, 0.4) is 0 Å². The lowest BCUT2D eigenvalue weighted by Gasteiger charge is -2.44. The summed E-state index contributed by atoms with van der Waals surface area (Å²) in [6.07, 6.45) is 3.64. The number of hydrogen-bond acceptors (Lipinski definition) is 6. The van der Waals surface area contributed by atoms with Gasteiger partial charge in [-0.3, -0.25) is 9.69 Å². The van der Waals surface area contributed by atoms with Crippen molar-refractivity contribution in [1.82, 2.24) is 19.6 Å². The minimum Gasteiger partial charge on any atom is -0.387 e. The summed E-state index contributed by atoms with van der Waals surface area (Å²) < 4.78 is 6.29. The largest absolute Gasteiger partial charge is 0.437 e. The molecule has 8 heteroatoms. The lowest BCUT2D eigenvalue weighted by atomic mass is 9.99. The first-order valence-corrected chi connectivity index (χ1v) is 9.22. The van der Waals surface area contributed by atoms with Crippen molar-refractivity contribution in [3.05, 3.63) is 28.1 Å². The van der Waals surface area contributed by atoms with Crippen molar-refractivity contribution >= 4 is 17.2 Å². The van der Waals surface area contributed by atoms with Crippen LogP contribution in [0.5, 0.6) is 0 Å². The molecule has 2 aliphatic heterocycles. The van der Waals surface area contributed by atoms with E-state index in [1.807, 2.05) is 22.4 Å². The third kappa shape index (κ3) is 3.03. The number of piperazine rings is 1. The van der Waals surface area contributed by atoms with Crippen molar-refractivity contribution in [2.24, 2.45) is 0 Å². The van der Waals surface area contributed by atoms with Crippen molar-refractivity contribution in [2.75, 3.05) is 26.2 Å². The summed E-state index contributed by atoms with van der Waals surface area (Å²) >= 11 is 1.45. The second-order valence-electron chi connectivity index (χ2n) is 6.33. The van der Waals surface area contributed by atoms with Crippen LogP contribution in [-0.2, 0) is 11.3 Å². The molecule has 2 aromatic heterocycles. The molecule has 0 N–H and O–H groups in total. The van der Waals surface area contributed by atoms with Crippen LogP contribution < -0.4 is 5.76 Å². The van der Waals surface area contributed by atoms with Crippen molar-refractivity contribution in [1.29, 1.82) is 0 Å². The molecular formula is C16H20N4O3S. The number of thiophene rings is 1. The van der Waals surface area contributed by atoms with Crippen LogP contribution in [0.15, 0.2) is 26.7 Å². The highest BCUT2D eigenvalue weighted by molar-refractivity contribution is 7.13. The predicted molar refractivity (Wildman–Crippen MR) is 89.9 cm³/mol. The molecule has 2 saturated heterocycles. The van der Waals surface area contributed by atoms with E-state index in [1.54, 1.807) is 0 Å².